The number of methoxy groups -OCH3 is 1. The number of hydrogen-bond acceptors (Lipinski definition) is 4. The van der Waals surface area contributed by atoms with Crippen LogP contribution in [0, 0.1) is 17.8 Å². The summed E-state index contributed by atoms with van der Waals surface area (Å²) < 4.78 is 11.3. The highest BCUT2D eigenvalue weighted by atomic mass is 16.5. The molecule has 0 saturated heterocycles. The van der Waals surface area contributed by atoms with E-state index in [2.05, 4.69) is 13.5 Å². The fraction of sp³-hybridized carbons (Fsp3) is 0.722. The number of carbonyl (C=O) groups excluding carboxylic acids is 1. The molecule has 0 amide bonds. The van der Waals surface area contributed by atoms with Gasteiger partial charge in [0, 0.05) is 25.7 Å². The summed E-state index contributed by atoms with van der Waals surface area (Å²) >= 11 is 0. The number of ether oxygens (including phenoxy) is 2. The molecule has 4 heteroatoms. The maximum atomic E-state index is 12.4. The lowest BCUT2D eigenvalue weighted by molar-refractivity contribution is -0.125. The van der Waals surface area contributed by atoms with Gasteiger partial charge in [-0.15, -0.1) is 6.58 Å². The minimum Gasteiger partial charge on any atom is -0.493 e. The van der Waals surface area contributed by atoms with E-state index < -0.39 is 0 Å². The largest absolute Gasteiger partial charge is 0.493 e. The Morgan fingerprint density at radius 2 is 2.18 bits per heavy atom. The van der Waals surface area contributed by atoms with Gasteiger partial charge in [-0.3, -0.25) is 4.79 Å². The summed E-state index contributed by atoms with van der Waals surface area (Å²) in [5.41, 5.74) is 0. The van der Waals surface area contributed by atoms with Gasteiger partial charge in [0.2, 0.25) is 0 Å². The van der Waals surface area contributed by atoms with Crippen molar-refractivity contribution in [3.05, 3.63) is 24.5 Å². The van der Waals surface area contributed by atoms with Crippen molar-refractivity contribution >= 4 is 5.78 Å². The third-order valence-electron chi connectivity index (χ3n) is 4.74. The molecule has 124 valence electrons. The van der Waals surface area contributed by atoms with Crippen molar-refractivity contribution in [3.63, 3.8) is 0 Å². The highest BCUT2D eigenvalue weighted by molar-refractivity contribution is 5.93. The first-order valence-electron chi connectivity index (χ1n) is 8.26. The second kappa shape index (κ2) is 7.93. The highest BCUT2D eigenvalue weighted by Crippen LogP contribution is 2.35. The average molecular weight is 308 g/mol. The van der Waals surface area contributed by atoms with E-state index in [4.69, 9.17) is 9.47 Å². The molecule has 1 aliphatic carbocycles. The zero-order chi connectivity index (χ0) is 16.1. The van der Waals surface area contributed by atoms with Crippen molar-refractivity contribution in [3.8, 4) is 0 Å². The van der Waals surface area contributed by atoms with Gasteiger partial charge in [-0.2, -0.15) is 0 Å². The zero-order valence-electron chi connectivity index (χ0n) is 13.7. The van der Waals surface area contributed by atoms with Crippen molar-refractivity contribution in [1.82, 2.24) is 0 Å². The summed E-state index contributed by atoms with van der Waals surface area (Å²) in [5.74, 6) is 1.21. The fourth-order valence-corrected chi connectivity index (χ4v) is 3.49. The van der Waals surface area contributed by atoms with E-state index in [9.17, 15) is 9.90 Å². The Morgan fingerprint density at radius 3 is 2.86 bits per heavy atom. The van der Waals surface area contributed by atoms with Crippen LogP contribution in [-0.2, 0) is 14.3 Å². The summed E-state index contributed by atoms with van der Waals surface area (Å²) in [6.45, 7) is 6.70. The van der Waals surface area contributed by atoms with E-state index in [1.165, 1.54) is 0 Å². The van der Waals surface area contributed by atoms with Crippen LogP contribution in [-0.4, -0.2) is 36.8 Å². The number of rotatable bonds is 6. The molecule has 0 aromatic heterocycles. The molecule has 22 heavy (non-hydrogen) atoms. The maximum absolute atomic E-state index is 12.4. The third-order valence-corrected chi connectivity index (χ3v) is 4.74. The van der Waals surface area contributed by atoms with Gasteiger partial charge in [-0.1, -0.05) is 13.0 Å². The van der Waals surface area contributed by atoms with Crippen LogP contribution in [0.5, 0.6) is 0 Å². The van der Waals surface area contributed by atoms with Gasteiger partial charge in [-0.25, -0.2) is 0 Å². The van der Waals surface area contributed by atoms with Crippen molar-refractivity contribution in [1.29, 1.82) is 0 Å². The molecule has 0 aromatic carbocycles. The van der Waals surface area contributed by atoms with Crippen LogP contribution >= 0.6 is 0 Å². The first kappa shape index (κ1) is 17.2. The Bertz CT molecular complexity index is 429. The molecule has 0 radical (unpaired) electrons. The number of fused-ring (bicyclic) bond motifs is 1. The molecule has 0 aromatic rings. The van der Waals surface area contributed by atoms with Crippen LogP contribution < -0.4 is 0 Å². The van der Waals surface area contributed by atoms with E-state index in [0.717, 1.165) is 18.6 Å². The number of carbonyl (C=O) groups is 1. The predicted octanol–water partition coefficient (Wildman–Crippen LogP) is 2.86. The van der Waals surface area contributed by atoms with Gasteiger partial charge in [0.15, 0.2) is 5.78 Å². The Morgan fingerprint density at radius 1 is 1.45 bits per heavy atom. The summed E-state index contributed by atoms with van der Waals surface area (Å²) in [6.07, 6.45) is 6.83. The normalized spacial score (nSPS) is 31.3. The summed E-state index contributed by atoms with van der Waals surface area (Å²) in [5, 5.41) is 9.81. The Hall–Kier alpha value is -1.13. The van der Waals surface area contributed by atoms with Crippen LogP contribution in [0.1, 0.15) is 39.0 Å². The minimum atomic E-state index is -0.303. The zero-order valence-corrected chi connectivity index (χ0v) is 13.7. The van der Waals surface area contributed by atoms with Crippen LogP contribution in [0.15, 0.2) is 24.5 Å². The highest BCUT2D eigenvalue weighted by Gasteiger charge is 2.37. The number of hydrogen-bond donors (Lipinski definition) is 1. The lowest BCUT2D eigenvalue weighted by Gasteiger charge is -2.33. The fourth-order valence-electron chi connectivity index (χ4n) is 3.49. The average Bonchev–Trinajstić information content (AvgIpc) is 2.67. The molecule has 5 unspecified atom stereocenters. The van der Waals surface area contributed by atoms with E-state index in [0.29, 0.717) is 31.8 Å². The predicted molar refractivity (Wildman–Crippen MR) is 85.3 cm³/mol. The minimum absolute atomic E-state index is 0.0447. The van der Waals surface area contributed by atoms with Gasteiger partial charge >= 0.3 is 0 Å². The monoisotopic (exact) mass is 308 g/mol. The van der Waals surface area contributed by atoms with E-state index in [1.807, 2.05) is 6.08 Å². The van der Waals surface area contributed by atoms with Crippen LogP contribution in [0.3, 0.4) is 0 Å². The van der Waals surface area contributed by atoms with Crippen LogP contribution in [0.25, 0.3) is 0 Å². The molecular formula is C18H28O4. The van der Waals surface area contributed by atoms with Gasteiger partial charge < -0.3 is 14.6 Å². The molecule has 4 nitrogen and oxygen atoms in total. The molecule has 1 aliphatic heterocycles. The number of ketones is 1. The number of aliphatic hydroxyl groups is 1. The van der Waals surface area contributed by atoms with Gasteiger partial charge in [0.25, 0.3) is 0 Å². The quantitative estimate of drug-likeness (QED) is 0.767. The summed E-state index contributed by atoms with van der Waals surface area (Å²) in [6, 6.07) is 0. The molecule has 0 bridgehead atoms. The second-order valence-corrected chi connectivity index (χ2v) is 6.66. The summed E-state index contributed by atoms with van der Waals surface area (Å²) in [4.78, 5) is 12.4. The molecule has 0 spiro atoms. The lowest BCUT2D eigenvalue weighted by atomic mass is 9.86. The van der Waals surface area contributed by atoms with Crippen molar-refractivity contribution < 1.29 is 19.4 Å². The van der Waals surface area contributed by atoms with Crippen molar-refractivity contribution in [2.75, 3.05) is 13.7 Å². The van der Waals surface area contributed by atoms with Gasteiger partial charge in [0.1, 0.15) is 11.9 Å². The molecular weight excluding hydrogens is 280 g/mol. The third kappa shape index (κ3) is 4.20. The van der Waals surface area contributed by atoms with Gasteiger partial charge in [-0.05, 0) is 38.0 Å². The first-order chi connectivity index (χ1) is 10.5. The Balaban J connectivity index is 2.07. The Labute approximate surface area is 133 Å². The SMILES string of the molecule is C=CC(CC(C)COC)C1=CC(=O)C2CCC(O)CCC2O1. The lowest BCUT2D eigenvalue weighted by Crippen LogP contribution is -2.34. The van der Waals surface area contributed by atoms with E-state index in [-0.39, 0.29) is 29.8 Å². The van der Waals surface area contributed by atoms with E-state index >= 15 is 0 Å². The Kier molecular flexibility index (Phi) is 6.21. The smallest absolute Gasteiger partial charge is 0.165 e. The first-order valence-corrected chi connectivity index (χ1v) is 8.26. The van der Waals surface area contributed by atoms with Crippen LogP contribution in [0.2, 0.25) is 0 Å². The van der Waals surface area contributed by atoms with Crippen molar-refractivity contribution in [2.24, 2.45) is 17.8 Å². The maximum Gasteiger partial charge on any atom is 0.165 e. The standard InChI is InChI=1S/C18H28O4/c1-4-13(9-12(2)11-21-3)18-10-16(20)15-7-5-14(19)6-8-17(15)22-18/h4,10,12-15,17,19H,1,5-9,11H2,2-3H3. The van der Waals surface area contributed by atoms with Crippen molar-refractivity contribution in [2.45, 2.75) is 51.2 Å². The second-order valence-electron chi connectivity index (χ2n) is 6.66. The summed E-state index contributed by atoms with van der Waals surface area (Å²) in [7, 11) is 1.70. The molecule has 2 rings (SSSR count). The molecule has 1 saturated carbocycles. The topological polar surface area (TPSA) is 55.8 Å². The molecule has 2 aliphatic rings. The molecule has 1 fully saturated rings. The molecule has 1 heterocycles. The molecule has 5 atom stereocenters. The van der Waals surface area contributed by atoms with E-state index in [1.54, 1.807) is 13.2 Å². The van der Waals surface area contributed by atoms with Crippen LogP contribution in [0.4, 0.5) is 0 Å². The van der Waals surface area contributed by atoms with Gasteiger partial charge in [0.05, 0.1) is 12.0 Å². The number of aliphatic hydroxyl groups excluding tert-OH is 1. The molecule has 1 N–H and O–H groups in total. The number of allylic oxidation sites excluding steroid dienone is 2.